The smallest absolute Gasteiger partial charge is 0.395 e. The van der Waals surface area contributed by atoms with Crippen LogP contribution in [0.15, 0.2) is 85.2 Å². The number of rotatable bonds is 20. The third-order valence-corrected chi connectivity index (χ3v) is 8.09. The summed E-state index contributed by atoms with van der Waals surface area (Å²) < 4.78 is 59.0. The topological polar surface area (TPSA) is 53.5 Å². The Labute approximate surface area is 277 Å². The molecule has 0 N–H and O–H groups in total. The van der Waals surface area contributed by atoms with Gasteiger partial charge in [0.05, 0.1) is 25.7 Å². The van der Waals surface area contributed by atoms with E-state index in [1.807, 2.05) is 24.3 Å². The van der Waals surface area contributed by atoms with Crippen LogP contribution in [0.2, 0.25) is 0 Å². The van der Waals surface area contributed by atoms with Crippen molar-refractivity contribution in [1.29, 1.82) is 0 Å². The highest BCUT2D eigenvalue weighted by molar-refractivity contribution is 5.64. The fourth-order valence-corrected chi connectivity index (χ4v) is 5.29. The molecule has 47 heavy (non-hydrogen) atoms. The molecule has 0 amide bonds. The van der Waals surface area contributed by atoms with Gasteiger partial charge in [0.1, 0.15) is 17.2 Å². The lowest BCUT2D eigenvalue weighted by Crippen LogP contribution is -2.23. The molecule has 1 aromatic heterocycles. The summed E-state index contributed by atoms with van der Waals surface area (Å²) in [5.74, 6) is 0.846. The van der Waals surface area contributed by atoms with Gasteiger partial charge < -0.3 is 14.2 Å². The van der Waals surface area contributed by atoms with Gasteiger partial charge in [-0.1, -0.05) is 83.1 Å². The Morgan fingerprint density at radius 1 is 0.532 bits per heavy atom. The molecule has 3 aromatic carbocycles. The Balaban J connectivity index is 1.24. The van der Waals surface area contributed by atoms with Gasteiger partial charge in [-0.2, -0.15) is 13.2 Å². The van der Waals surface area contributed by atoms with Crippen molar-refractivity contribution in [2.24, 2.45) is 0 Å². The predicted octanol–water partition coefficient (Wildman–Crippen LogP) is 11.2. The lowest BCUT2D eigenvalue weighted by Gasteiger charge is -2.21. The first-order valence-electron chi connectivity index (χ1n) is 17.0. The molecule has 0 saturated heterocycles. The lowest BCUT2D eigenvalue weighted by atomic mass is 9.95. The lowest BCUT2D eigenvalue weighted by molar-refractivity contribution is -0.153. The molecule has 5 nitrogen and oxygen atoms in total. The van der Waals surface area contributed by atoms with Crippen LogP contribution in [0, 0.1) is 0 Å². The quantitative estimate of drug-likeness (QED) is 0.0893. The molecule has 0 bridgehead atoms. The molecule has 0 aliphatic rings. The molecular formula is C39H47F3N2O3. The highest BCUT2D eigenvalue weighted by atomic mass is 19.4. The van der Waals surface area contributed by atoms with Gasteiger partial charge in [-0.05, 0) is 78.9 Å². The zero-order chi connectivity index (χ0) is 33.3. The monoisotopic (exact) mass is 648 g/mol. The van der Waals surface area contributed by atoms with Crippen molar-refractivity contribution in [3.63, 3.8) is 0 Å². The average molecular weight is 649 g/mol. The fourth-order valence-electron chi connectivity index (χ4n) is 5.29. The maximum Gasteiger partial charge on any atom is 0.395 e. The van der Waals surface area contributed by atoms with Gasteiger partial charge in [0, 0.05) is 23.5 Å². The molecule has 4 aromatic rings. The van der Waals surface area contributed by atoms with E-state index in [1.165, 1.54) is 44.2 Å². The predicted molar refractivity (Wildman–Crippen MR) is 182 cm³/mol. The van der Waals surface area contributed by atoms with E-state index in [4.69, 9.17) is 14.2 Å². The van der Waals surface area contributed by atoms with E-state index in [0.29, 0.717) is 23.9 Å². The molecule has 4 rings (SSSR count). The van der Waals surface area contributed by atoms with E-state index in [1.54, 1.807) is 48.8 Å². The Bertz CT molecular complexity index is 1430. The number of benzene rings is 3. The van der Waals surface area contributed by atoms with Crippen molar-refractivity contribution in [3.8, 4) is 39.8 Å². The summed E-state index contributed by atoms with van der Waals surface area (Å²) in [5, 5.41) is 0. The summed E-state index contributed by atoms with van der Waals surface area (Å²) in [4.78, 5) is 9.06. The van der Waals surface area contributed by atoms with Gasteiger partial charge in [0.2, 0.25) is 0 Å². The molecular weight excluding hydrogens is 601 g/mol. The Kier molecular flexibility index (Phi) is 14.4. The van der Waals surface area contributed by atoms with Crippen LogP contribution in [0.5, 0.6) is 17.2 Å². The van der Waals surface area contributed by atoms with Crippen molar-refractivity contribution in [2.45, 2.75) is 90.1 Å². The molecule has 1 atom stereocenters. The Morgan fingerprint density at radius 2 is 0.979 bits per heavy atom. The third kappa shape index (κ3) is 11.9. The van der Waals surface area contributed by atoms with Crippen molar-refractivity contribution >= 4 is 0 Å². The van der Waals surface area contributed by atoms with E-state index in [0.717, 1.165) is 54.7 Å². The first kappa shape index (κ1) is 35.8. The van der Waals surface area contributed by atoms with Gasteiger partial charge in [0.15, 0.2) is 5.82 Å². The second kappa shape index (κ2) is 18.9. The molecule has 252 valence electrons. The Morgan fingerprint density at radius 3 is 1.53 bits per heavy atom. The Hall–Kier alpha value is -4.07. The molecule has 0 fully saturated rings. The summed E-state index contributed by atoms with van der Waals surface area (Å²) in [6, 6.07) is 21.2. The molecule has 8 heteroatoms. The molecule has 1 heterocycles. The van der Waals surface area contributed by atoms with Crippen molar-refractivity contribution in [3.05, 3.63) is 90.8 Å². The van der Waals surface area contributed by atoms with Gasteiger partial charge >= 0.3 is 6.18 Å². The molecule has 0 aliphatic heterocycles. The number of unbranched alkanes of at least 4 members (excludes halogenated alkanes) is 7. The summed E-state index contributed by atoms with van der Waals surface area (Å²) in [6.45, 7) is 5.54. The summed E-state index contributed by atoms with van der Waals surface area (Å²) in [7, 11) is 0. The maximum atomic E-state index is 13.9. The average Bonchev–Trinajstić information content (AvgIpc) is 3.09. The van der Waals surface area contributed by atoms with Gasteiger partial charge in [-0.15, -0.1) is 0 Å². The summed E-state index contributed by atoms with van der Waals surface area (Å²) >= 11 is 0. The van der Waals surface area contributed by atoms with Crippen LogP contribution in [0.3, 0.4) is 0 Å². The van der Waals surface area contributed by atoms with E-state index in [-0.39, 0.29) is 18.6 Å². The van der Waals surface area contributed by atoms with E-state index in [9.17, 15) is 13.2 Å². The zero-order valence-corrected chi connectivity index (χ0v) is 27.6. The van der Waals surface area contributed by atoms with Crippen LogP contribution in [-0.4, -0.2) is 36.0 Å². The van der Waals surface area contributed by atoms with Gasteiger partial charge in [-0.3, -0.25) is 0 Å². The number of ether oxygens (including phenoxy) is 3. The third-order valence-electron chi connectivity index (χ3n) is 8.09. The molecule has 0 spiro atoms. The van der Waals surface area contributed by atoms with Crippen LogP contribution in [-0.2, 0) is 0 Å². The van der Waals surface area contributed by atoms with Crippen LogP contribution >= 0.6 is 0 Å². The SMILES string of the molecule is CCCCCCCCOc1ccc(-c2cnc(-c3ccc(OCCC(c4ccc(OCCCCC)cc4)C(F)(F)F)cc3)nc2)cc1. The molecule has 0 radical (unpaired) electrons. The zero-order valence-electron chi connectivity index (χ0n) is 27.6. The standard InChI is InChI=1S/C39H47F3N2O3/c1-3-5-7-8-9-11-26-46-34-18-12-30(13-19-34)33-28-43-38(44-29-33)32-16-22-36(23-17-32)47-27-24-37(39(40,41)42)31-14-20-35(21-15-31)45-25-10-6-4-2/h12-23,28-29,37H,3-11,24-27H2,1-2H3. The van der Waals surface area contributed by atoms with Crippen LogP contribution in [0.1, 0.15) is 89.5 Å². The second-order valence-corrected chi connectivity index (χ2v) is 11.8. The first-order chi connectivity index (χ1) is 22.9. The number of hydrogen-bond acceptors (Lipinski definition) is 5. The number of aromatic nitrogens is 2. The van der Waals surface area contributed by atoms with Crippen molar-refractivity contribution < 1.29 is 27.4 Å². The minimum Gasteiger partial charge on any atom is -0.494 e. The van der Waals surface area contributed by atoms with E-state index in [2.05, 4.69) is 23.8 Å². The van der Waals surface area contributed by atoms with E-state index >= 15 is 0 Å². The van der Waals surface area contributed by atoms with Crippen molar-refractivity contribution in [1.82, 2.24) is 9.97 Å². The van der Waals surface area contributed by atoms with Crippen LogP contribution < -0.4 is 14.2 Å². The number of alkyl halides is 3. The van der Waals surface area contributed by atoms with Crippen LogP contribution in [0.25, 0.3) is 22.5 Å². The number of hydrogen-bond donors (Lipinski definition) is 0. The summed E-state index contributed by atoms with van der Waals surface area (Å²) in [6.07, 6.45) is 9.43. The minimum atomic E-state index is -4.39. The highest BCUT2D eigenvalue weighted by Crippen LogP contribution is 2.38. The number of halogens is 3. The summed E-state index contributed by atoms with van der Waals surface area (Å²) in [5.41, 5.74) is 2.87. The normalized spacial score (nSPS) is 12.1. The molecule has 0 saturated carbocycles. The molecule has 1 unspecified atom stereocenters. The first-order valence-corrected chi connectivity index (χ1v) is 17.0. The maximum absolute atomic E-state index is 13.9. The minimum absolute atomic E-state index is 0.0765. The second-order valence-electron chi connectivity index (χ2n) is 11.8. The largest absolute Gasteiger partial charge is 0.494 e. The van der Waals surface area contributed by atoms with Gasteiger partial charge in [-0.25, -0.2) is 9.97 Å². The number of nitrogens with zero attached hydrogens (tertiary/aromatic N) is 2. The van der Waals surface area contributed by atoms with E-state index < -0.39 is 12.1 Å². The van der Waals surface area contributed by atoms with Gasteiger partial charge in [0.25, 0.3) is 0 Å². The molecule has 0 aliphatic carbocycles. The fraction of sp³-hybridized carbons (Fsp3) is 0.436. The van der Waals surface area contributed by atoms with Crippen LogP contribution in [0.4, 0.5) is 13.2 Å². The van der Waals surface area contributed by atoms with Crippen molar-refractivity contribution in [2.75, 3.05) is 19.8 Å². The highest BCUT2D eigenvalue weighted by Gasteiger charge is 2.40.